The van der Waals surface area contributed by atoms with Crippen molar-refractivity contribution in [2.24, 2.45) is 11.8 Å². The Morgan fingerprint density at radius 1 is 1.09 bits per heavy atom. The van der Waals surface area contributed by atoms with Crippen LogP contribution in [0, 0.1) is 11.8 Å². The fraction of sp³-hybridized carbons (Fsp3) is 0.611. The Morgan fingerprint density at radius 3 is 2.64 bits per heavy atom. The lowest BCUT2D eigenvalue weighted by atomic mass is 9.70. The molecule has 1 aromatic rings. The van der Waals surface area contributed by atoms with E-state index in [-0.39, 0.29) is 12.0 Å². The van der Waals surface area contributed by atoms with Crippen LogP contribution >= 0.6 is 11.6 Å². The number of fused-ring (bicyclic) bond motifs is 1. The maximum absolute atomic E-state index is 12.5. The predicted molar refractivity (Wildman–Crippen MR) is 88.2 cm³/mol. The molecule has 0 spiro atoms. The number of aliphatic hydroxyl groups is 1. The average molecular weight is 322 g/mol. The number of hydrogen-bond donors (Lipinski definition) is 2. The molecule has 1 fully saturated rings. The second-order valence-corrected chi connectivity index (χ2v) is 7.10. The monoisotopic (exact) mass is 321 g/mol. The SMILES string of the molecule is O=C1CCNCCc2cc(Cl)ccc2CCC1C1CC(O)C1. The summed E-state index contributed by atoms with van der Waals surface area (Å²) in [7, 11) is 0. The summed E-state index contributed by atoms with van der Waals surface area (Å²) in [6, 6.07) is 6.10. The third-order valence-corrected chi connectivity index (χ3v) is 5.38. The Kier molecular flexibility index (Phi) is 5.17. The number of benzene rings is 1. The molecule has 0 bridgehead atoms. The summed E-state index contributed by atoms with van der Waals surface area (Å²) < 4.78 is 0. The van der Waals surface area contributed by atoms with Gasteiger partial charge in [-0.15, -0.1) is 0 Å². The molecule has 3 rings (SSSR count). The number of Topliss-reactive ketones (excluding diaryl/α,β-unsaturated/α-hetero) is 1. The largest absolute Gasteiger partial charge is 0.393 e. The molecule has 22 heavy (non-hydrogen) atoms. The molecule has 0 saturated heterocycles. The lowest BCUT2D eigenvalue weighted by molar-refractivity contribution is -0.127. The van der Waals surface area contributed by atoms with Crippen molar-refractivity contribution in [3.8, 4) is 0 Å². The van der Waals surface area contributed by atoms with Crippen LogP contribution in [-0.4, -0.2) is 30.1 Å². The second-order valence-electron chi connectivity index (χ2n) is 6.66. The van der Waals surface area contributed by atoms with E-state index in [0.717, 1.165) is 50.2 Å². The molecule has 0 amide bonds. The number of nitrogens with one attached hydrogen (secondary N) is 1. The molecule has 2 N–H and O–H groups in total. The van der Waals surface area contributed by atoms with Crippen molar-refractivity contribution in [2.45, 2.75) is 44.6 Å². The lowest BCUT2D eigenvalue weighted by Gasteiger charge is -2.37. The fourth-order valence-electron chi connectivity index (χ4n) is 3.75. The van der Waals surface area contributed by atoms with E-state index in [2.05, 4.69) is 17.4 Å². The lowest BCUT2D eigenvalue weighted by Crippen LogP contribution is -2.38. The van der Waals surface area contributed by atoms with Gasteiger partial charge in [0, 0.05) is 23.9 Å². The summed E-state index contributed by atoms with van der Waals surface area (Å²) >= 11 is 6.12. The maximum Gasteiger partial charge on any atom is 0.137 e. The molecule has 2 aliphatic rings. The van der Waals surface area contributed by atoms with Crippen LogP contribution in [0.15, 0.2) is 18.2 Å². The van der Waals surface area contributed by atoms with E-state index in [9.17, 15) is 9.90 Å². The van der Waals surface area contributed by atoms with E-state index in [1.807, 2.05) is 6.07 Å². The fourth-order valence-corrected chi connectivity index (χ4v) is 3.94. The molecule has 1 aliphatic heterocycles. The van der Waals surface area contributed by atoms with Crippen LogP contribution in [0.4, 0.5) is 0 Å². The van der Waals surface area contributed by atoms with E-state index < -0.39 is 0 Å². The van der Waals surface area contributed by atoms with Gasteiger partial charge < -0.3 is 10.4 Å². The molecule has 1 heterocycles. The summed E-state index contributed by atoms with van der Waals surface area (Å²) in [5, 5.41) is 13.7. The quantitative estimate of drug-likeness (QED) is 0.836. The van der Waals surface area contributed by atoms with Crippen molar-refractivity contribution < 1.29 is 9.90 Å². The number of rotatable bonds is 1. The summed E-state index contributed by atoms with van der Waals surface area (Å²) in [5.74, 6) is 0.840. The number of aryl methyl sites for hydroxylation is 1. The van der Waals surface area contributed by atoms with Gasteiger partial charge in [0.05, 0.1) is 6.10 Å². The van der Waals surface area contributed by atoms with E-state index in [0.29, 0.717) is 18.1 Å². The number of halogens is 1. The molecule has 1 atom stereocenters. The molecule has 1 aromatic carbocycles. The first kappa shape index (κ1) is 16.0. The van der Waals surface area contributed by atoms with Crippen LogP contribution in [0.1, 0.15) is 36.8 Å². The topological polar surface area (TPSA) is 49.3 Å². The van der Waals surface area contributed by atoms with Crippen LogP contribution in [0.25, 0.3) is 0 Å². The summed E-state index contributed by atoms with van der Waals surface area (Å²) in [6.45, 7) is 1.63. The summed E-state index contributed by atoms with van der Waals surface area (Å²) in [5.41, 5.74) is 2.60. The molecule has 3 nitrogen and oxygen atoms in total. The van der Waals surface area contributed by atoms with Gasteiger partial charge in [-0.25, -0.2) is 0 Å². The minimum Gasteiger partial charge on any atom is -0.393 e. The van der Waals surface area contributed by atoms with Gasteiger partial charge in [0.15, 0.2) is 0 Å². The molecule has 0 aromatic heterocycles. The number of carbonyl (C=O) groups is 1. The van der Waals surface area contributed by atoms with Crippen LogP contribution in [0.5, 0.6) is 0 Å². The van der Waals surface area contributed by atoms with Gasteiger partial charge in [-0.3, -0.25) is 4.79 Å². The summed E-state index contributed by atoms with van der Waals surface area (Å²) in [6.07, 6.45) is 4.76. The number of carbonyl (C=O) groups excluding carboxylic acids is 1. The normalized spacial score (nSPS) is 30.1. The highest BCUT2D eigenvalue weighted by Gasteiger charge is 2.37. The Bertz CT molecular complexity index is 540. The first-order chi connectivity index (χ1) is 10.6. The van der Waals surface area contributed by atoms with Gasteiger partial charge >= 0.3 is 0 Å². The Labute approximate surface area is 137 Å². The zero-order chi connectivity index (χ0) is 15.5. The third kappa shape index (κ3) is 3.70. The highest BCUT2D eigenvalue weighted by molar-refractivity contribution is 6.30. The minimum absolute atomic E-state index is 0.104. The zero-order valence-electron chi connectivity index (χ0n) is 12.9. The highest BCUT2D eigenvalue weighted by atomic mass is 35.5. The predicted octanol–water partition coefficient (Wildman–Crippen LogP) is 2.76. The van der Waals surface area contributed by atoms with Gasteiger partial charge in [-0.05, 0) is 67.8 Å². The number of aliphatic hydroxyl groups excluding tert-OH is 1. The zero-order valence-corrected chi connectivity index (χ0v) is 13.6. The standard InChI is InChI=1S/C18H24ClNO2/c19-15-3-1-12-2-4-17(14-10-16(21)11-14)18(22)6-8-20-7-5-13(12)9-15/h1,3,9,14,16-17,20-21H,2,4-8,10-11H2. The third-order valence-electron chi connectivity index (χ3n) is 5.14. The van der Waals surface area contributed by atoms with Gasteiger partial charge in [0.25, 0.3) is 0 Å². The maximum atomic E-state index is 12.5. The minimum atomic E-state index is -0.194. The molecular weight excluding hydrogens is 298 g/mol. The van der Waals surface area contributed by atoms with E-state index in [1.165, 1.54) is 11.1 Å². The Balaban J connectivity index is 1.77. The van der Waals surface area contributed by atoms with Gasteiger partial charge in [0.1, 0.15) is 5.78 Å². The first-order valence-electron chi connectivity index (χ1n) is 8.32. The Morgan fingerprint density at radius 2 is 1.86 bits per heavy atom. The van der Waals surface area contributed by atoms with Crippen LogP contribution < -0.4 is 5.32 Å². The van der Waals surface area contributed by atoms with E-state index in [1.54, 1.807) is 0 Å². The first-order valence-corrected chi connectivity index (χ1v) is 8.70. The molecular formula is C18H24ClNO2. The van der Waals surface area contributed by atoms with Crippen molar-refractivity contribution in [2.75, 3.05) is 13.1 Å². The van der Waals surface area contributed by atoms with Crippen molar-refractivity contribution in [3.05, 3.63) is 34.3 Å². The number of ketones is 1. The molecule has 4 heteroatoms. The van der Waals surface area contributed by atoms with Crippen molar-refractivity contribution in [1.29, 1.82) is 0 Å². The van der Waals surface area contributed by atoms with Crippen molar-refractivity contribution in [3.63, 3.8) is 0 Å². The number of hydrogen-bond acceptors (Lipinski definition) is 3. The molecule has 1 aliphatic carbocycles. The van der Waals surface area contributed by atoms with Crippen LogP contribution in [-0.2, 0) is 17.6 Å². The van der Waals surface area contributed by atoms with Gasteiger partial charge in [0.2, 0.25) is 0 Å². The smallest absolute Gasteiger partial charge is 0.137 e. The molecule has 1 unspecified atom stereocenters. The average Bonchev–Trinajstić information content (AvgIpc) is 2.49. The molecule has 0 radical (unpaired) electrons. The van der Waals surface area contributed by atoms with Gasteiger partial charge in [-0.2, -0.15) is 0 Å². The van der Waals surface area contributed by atoms with Gasteiger partial charge in [-0.1, -0.05) is 17.7 Å². The van der Waals surface area contributed by atoms with E-state index >= 15 is 0 Å². The molecule has 1 saturated carbocycles. The summed E-state index contributed by atoms with van der Waals surface area (Å²) in [4.78, 5) is 12.5. The second kappa shape index (κ2) is 7.12. The van der Waals surface area contributed by atoms with Crippen molar-refractivity contribution >= 4 is 17.4 Å². The van der Waals surface area contributed by atoms with Crippen LogP contribution in [0.3, 0.4) is 0 Å². The molecule has 120 valence electrons. The highest BCUT2D eigenvalue weighted by Crippen LogP contribution is 2.37. The van der Waals surface area contributed by atoms with Crippen LogP contribution in [0.2, 0.25) is 5.02 Å². The Hall–Kier alpha value is -0.900. The van der Waals surface area contributed by atoms with Crippen molar-refractivity contribution in [1.82, 2.24) is 5.32 Å². The van der Waals surface area contributed by atoms with E-state index in [4.69, 9.17) is 11.6 Å².